The molecule has 1 N–H and O–H groups in total. The van der Waals surface area contributed by atoms with Gasteiger partial charge in [0.25, 0.3) is 5.57 Å². The van der Waals surface area contributed by atoms with Gasteiger partial charge >= 0.3 is 0 Å². The van der Waals surface area contributed by atoms with Crippen molar-refractivity contribution < 1.29 is 12.4 Å². The molecule has 0 aliphatic heterocycles. The van der Waals surface area contributed by atoms with Crippen LogP contribution in [0.1, 0.15) is 0 Å². The minimum Gasteiger partial charge on any atom is -1.00 e. The zero-order valence-electron chi connectivity index (χ0n) is 18.1. The van der Waals surface area contributed by atoms with Crippen molar-refractivity contribution in [2.45, 2.75) is 0 Å². The molecule has 5 rings (SSSR count). The lowest BCUT2D eigenvalue weighted by Gasteiger charge is -2.27. The van der Waals surface area contributed by atoms with E-state index in [1.807, 2.05) is 54.6 Å². The van der Waals surface area contributed by atoms with Gasteiger partial charge in [-0.05, 0) is 48.5 Å². The molecule has 1 heterocycles. The zero-order chi connectivity index (χ0) is 22.5. The van der Waals surface area contributed by atoms with E-state index in [2.05, 4.69) is 64.9 Å². The molecule has 4 nitrogen and oxygen atoms in total. The van der Waals surface area contributed by atoms with Crippen LogP contribution in [-0.4, -0.2) is 15.0 Å². The molecule has 0 atom stereocenters. The molecule has 5 aromatic rings. The third kappa shape index (κ3) is 4.41. The average Bonchev–Trinajstić information content (AvgIpc) is 2.89. The molecule has 0 saturated heterocycles. The number of rotatable bonds is 6. The molecule has 0 aliphatic carbocycles. The van der Waals surface area contributed by atoms with E-state index in [4.69, 9.17) is 21.6 Å². The standard InChI is InChI=1S/C27H21ClN4P.ClH/c28-24-17-10-18-25(26(24)32-21-11-4-1-5-12-21)33(22-13-6-2-7-14-22,23-15-8-3-9-16-23)27-30-19-29-20-31-27;/h1-20,32H;1H/q+1;/p-1. The van der Waals surface area contributed by atoms with Gasteiger partial charge in [-0.15, -0.1) is 0 Å². The van der Waals surface area contributed by atoms with Gasteiger partial charge in [-0.25, -0.2) is 4.98 Å². The summed E-state index contributed by atoms with van der Waals surface area (Å²) in [6, 6.07) is 37.0. The van der Waals surface area contributed by atoms with Crippen LogP contribution in [0.5, 0.6) is 0 Å². The second-order valence-electron chi connectivity index (χ2n) is 7.41. The summed E-state index contributed by atoms with van der Waals surface area (Å²) in [4.78, 5) is 13.5. The quantitative estimate of drug-likeness (QED) is 0.360. The molecule has 0 aliphatic rings. The molecule has 7 heteroatoms. The summed E-state index contributed by atoms with van der Waals surface area (Å²) in [6.07, 6.45) is 3.13. The van der Waals surface area contributed by atoms with Crippen molar-refractivity contribution in [1.29, 1.82) is 0 Å². The van der Waals surface area contributed by atoms with Crippen molar-refractivity contribution >= 4 is 51.7 Å². The van der Waals surface area contributed by atoms with Gasteiger partial charge in [0.15, 0.2) is 7.26 Å². The first-order valence-electron chi connectivity index (χ1n) is 10.5. The molecular weight excluding hydrogens is 482 g/mol. The zero-order valence-corrected chi connectivity index (χ0v) is 20.5. The minimum atomic E-state index is -2.52. The Morgan fingerprint density at radius 3 is 1.71 bits per heavy atom. The molecule has 1 aromatic heterocycles. The van der Waals surface area contributed by atoms with Gasteiger partial charge in [-0.2, -0.15) is 9.97 Å². The van der Waals surface area contributed by atoms with E-state index < -0.39 is 7.26 Å². The van der Waals surface area contributed by atoms with E-state index in [1.54, 1.807) is 12.7 Å². The molecule has 4 aromatic carbocycles. The maximum absolute atomic E-state index is 6.85. The minimum absolute atomic E-state index is 0. The van der Waals surface area contributed by atoms with Crippen LogP contribution in [0.3, 0.4) is 0 Å². The lowest BCUT2D eigenvalue weighted by Crippen LogP contribution is -3.00. The number of para-hydroxylation sites is 2. The summed E-state index contributed by atoms with van der Waals surface area (Å²) in [5, 5.41) is 7.56. The van der Waals surface area contributed by atoms with E-state index in [0.717, 1.165) is 32.9 Å². The number of halogens is 2. The van der Waals surface area contributed by atoms with Gasteiger partial charge < -0.3 is 17.7 Å². The van der Waals surface area contributed by atoms with E-state index >= 15 is 0 Å². The van der Waals surface area contributed by atoms with Crippen molar-refractivity contribution in [2.75, 3.05) is 5.32 Å². The topological polar surface area (TPSA) is 50.7 Å². The third-order valence-electron chi connectivity index (χ3n) is 5.46. The maximum Gasteiger partial charge on any atom is 0.295 e. The lowest BCUT2D eigenvalue weighted by atomic mass is 10.2. The molecule has 0 unspecified atom stereocenters. The Morgan fingerprint density at radius 2 is 1.15 bits per heavy atom. The first-order chi connectivity index (χ1) is 16.3. The van der Waals surface area contributed by atoms with Crippen molar-refractivity contribution in [3.8, 4) is 0 Å². The van der Waals surface area contributed by atoms with E-state index in [9.17, 15) is 0 Å². The second kappa shape index (κ2) is 10.8. The molecular formula is C27H21Cl2N4P. The number of aromatic nitrogens is 3. The third-order valence-corrected chi connectivity index (χ3v) is 9.85. The van der Waals surface area contributed by atoms with Crippen LogP contribution in [0.25, 0.3) is 0 Å². The highest BCUT2D eigenvalue weighted by atomic mass is 35.5. The number of nitrogens with one attached hydrogen (secondary N) is 1. The number of benzene rings is 4. The van der Waals surface area contributed by atoms with Crippen LogP contribution < -0.4 is 39.2 Å². The van der Waals surface area contributed by atoms with E-state index in [-0.39, 0.29) is 12.4 Å². The van der Waals surface area contributed by atoms with Crippen LogP contribution in [0, 0.1) is 0 Å². The highest BCUT2D eigenvalue weighted by Gasteiger charge is 2.52. The van der Waals surface area contributed by atoms with Crippen LogP contribution >= 0.6 is 18.9 Å². The molecule has 34 heavy (non-hydrogen) atoms. The Kier molecular flexibility index (Phi) is 7.54. The molecule has 0 radical (unpaired) electrons. The highest BCUT2D eigenvalue weighted by molar-refractivity contribution is 8.01. The number of hydrogen-bond acceptors (Lipinski definition) is 4. The maximum atomic E-state index is 6.85. The molecule has 0 bridgehead atoms. The molecule has 0 fully saturated rings. The number of nitrogens with zero attached hydrogens (tertiary/aromatic N) is 3. The van der Waals surface area contributed by atoms with Crippen molar-refractivity contribution in [2.24, 2.45) is 0 Å². The van der Waals surface area contributed by atoms with Crippen LogP contribution in [-0.2, 0) is 0 Å². The van der Waals surface area contributed by atoms with Gasteiger partial charge in [0.05, 0.1) is 5.02 Å². The van der Waals surface area contributed by atoms with Gasteiger partial charge in [0.2, 0.25) is 0 Å². The first kappa shape index (κ1) is 23.8. The Hall–Kier alpha value is -3.30. The van der Waals surface area contributed by atoms with Crippen LogP contribution in [0.15, 0.2) is 122 Å². The monoisotopic (exact) mass is 502 g/mol. The van der Waals surface area contributed by atoms with Crippen molar-refractivity contribution in [3.63, 3.8) is 0 Å². The largest absolute Gasteiger partial charge is 1.00 e. The predicted molar refractivity (Wildman–Crippen MR) is 139 cm³/mol. The second-order valence-corrected chi connectivity index (χ2v) is 11.1. The van der Waals surface area contributed by atoms with Gasteiger partial charge in [0.1, 0.15) is 34.3 Å². The summed E-state index contributed by atoms with van der Waals surface area (Å²) in [5.41, 5.74) is 2.54. The summed E-state index contributed by atoms with van der Waals surface area (Å²) in [6.45, 7) is 0. The fourth-order valence-electron chi connectivity index (χ4n) is 4.06. The van der Waals surface area contributed by atoms with Crippen LogP contribution in [0.2, 0.25) is 5.02 Å². The van der Waals surface area contributed by atoms with Gasteiger partial charge in [0, 0.05) is 5.69 Å². The average molecular weight is 503 g/mol. The lowest BCUT2D eigenvalue weighted by molar-refractivity contribution is -0.00000642. The van der Waals surface area contributed by atoms with Gasteiger partial charge in [-0.3, -0.25) is 0 Å². The highest BCUT2D eigenvalue weighted by Crippen LogP contribution is 2.55. The number of hydrogen-bond donors (Lipinski definition) is 1. The molecule has 0 spiro atoms. The summed E-state index contributed by atoms with van der Waals surface area (Å²) in [7, 11) is -2.52. The molecule has 0 amide bonds. The molecule has 0 saturated carbocycles. The van der Waals surface area contributed by atoms with Crippen molar-refractivity contribution in [3.05, 3.63) is 127 Å². The summed E-state index contributed by atoms with van der Waals surface area (Å²) in [5.74, 6) is 0. The smallest absolute Gasteiger partial charge is 0.295 e. The van der Waals surface area contributed by atoms with Crippen LogP contribution in [0.4, 0.5) is 11.4 Å². The summed E-state index contributed by atoms with van der Waals surface area (Å²) >= 11 is 6.85. The normalized spacial score (nSPS) is 10.9. The van der Waals surface area contributed by atoms with E-state index in [0.29, 0.717) is 5.02 Å². The van der Waals surface area contributed by atoms with E-state index in [1.165, 1.54) is 0 Å². The summed E-state index contributed by atoms with van der Waals surface area (Å²) < 4.78 is 0. The SMILES string of the molecule is Clc1cccc([P+](c2ccccc2)(c2ccccc2)c2ncncn2)c1Nc1ccccc1.[Cl-]. The fraction of sp³-hybridized carbons (Fsp3) is 0. The Balaban J connectivity index is 0.00000274. The molecule has 168 valence electrons. The Morgan fingerprint density at radius 1 is 0.618 bits per heavy atom. The fourth-order valence-corrected chi connectivity index (χ4v) is 8.39. The Bertz CT molecular complexity index is 1240. The predicted octanol–water partition coefficient (Wildman–Crippen LogP) is 1.89. The number of anilines is 2. The first-order valence-corrected chi connectivity index (χ1v) is 12.7. The van der Waals surface area contributed by atoms with Gasteiger partial charge in [-0.1, -0.05) is 72.3 Å². The Labute approximate surface area is 210 Å². The van der Waals surface area contributed by atoms with Crippen molar-refractivity contribution in [1.82, 2.24) is 15.0 Å².